The summed E-state index contributed by atoms with van der Waals surface area (Å²) in [6.07, 6.45) is 7.18. The molecule has 8 heteroatoms. The smallest absolute Gasteiger partial charge is 0.230 e. The molecule has 1 saturated carbocycles. The number of rotatable bonds is 7. The first-order chi connectivity index (χ1) is 11.3. The van der Waals surface area contributed by atoms with Gasteiger partial charge in [-0.3, -0.25) is 9.78 Å². The molecule has 3 rings (SSSR count). The number of thioether (sulfide) groups is 1. The van der Waals surface area contributed by atoms with Crippen LogP contribution in [0.15, 0.2) is 29.6 Å². The molecule has 0 saturated heterocycles. The Balaban J connectivity index is 1.41. The van der Waals surface area contributed by atoms with E-state index < -0.39 is 0 Å². The first-order valence-electron chi connectivity index (χ1n) is 7.90. The van der Waals surface area contributed by atoms with Gasteiger partial charge < -0.3 is 5.32 Å². The first kappa shape index (κ1) is 15.9. The van der Waals surface area contributed by atoms with Crippen molar-refractivity contribution in [3.8, 4) is 0 Å². The molecule has 0 aliphatic heterocycles. The van der Waals surface area contributed by atoms with E-state index in [2.05, 4.69) is 25.8 Å². The number of hydrogen-bond donors (Lipinski definition) is 1. The van der Waals surface area contributed by atoms with E-state index in [0.717, 1.165) is 30.1 Å². The van der Waals surface area contributed by atoms with Gasteiger partial charge in [-0.2, -0.15) is 0 Å². The van der Waals surface area contributed by atoms with E-state index in [9.17, 15) is 4.79 Å². The van der Waals surface area contributed by atoms with Gasteiger partial charge in [0.15, 0.2) is 0 Å². The van der Waals surface area contributed by atoms with Crippen molar-refractivity contribution in [2.75, 3.05) is 12.3 Å². The third-order valence-corrected chi connectivity index (χ3v) is 4.83. The Morgan fingerprint density at radius 2 is 2.22 bits per heavy atom. The zero-order valence-corrected chi connectivity index (χ0v) is 13.7. The number of nitrogens with one attached hydrogen (secondary N) is 1. The molecule has 122 valence electrons. The van der Waals surface area contributed by atoms with Crippen LogP contribution in [0.4, 0.5) is 0 Å². The summed E-state index contributed by atoms with van der Waals surface area (Å²) in [6.45, 7) is 0.587. The summed E-state index contributed by atoms with van der Waals surface area (Å²) in [5.74, 6) is 0.321. The molecule has 0 spiro atoms. The predicted octanol–water partition coefficient (Wildman–Crippen LogP) is 1.63. The summed E-state index contributed by atoms with van der Waals surface area (Å²) >= 11 is 1.39. The van der Waals surface area contributed by atoms with Crippen molar-refractivity contribution < 1.29 is 4.79 Å². The van der Waals surface area contributed by atoms with Gasteiger partial charge in [0.25, 0.3) is 0 Å². The lowest BCUT2D eigenvalue weighted by Gasteiger charge is -2.10. The van der Waals surface area contributed by atoms with E-state index in [1.165, 1.54) is 24.6 Å². The summed E-state index contributed by atoms with van der Waals surface area (Å²) in [5, 5.41) is 15.5. The Kier molecular flexibility index (Phi) is 5.57. The molecule has 0 radical (unpaired) electrons. The fraction of sp³-hybridized carbons (Fsp3) is 0.533. The molecule has 1 aliphatic rings. The number of pyridine rings is 1. The third-order valence-electron chi connectivity index (χ3n) is 3.90. The Bertz CT molecular complexity index is 626. The average Bonchev–Trinajstić information content (AvgIpc) is 3.25. The standard InChI is InChI=1S/C15H20N6OS/c22-14(17-10-8-12-5-3-4-9-16-12)11-23-15-18-19-20-21(15)13-6-1-2-7-13/h3-5,9,13H,1-2,6-8,10-11H2,(H,17,22). The zero-order valence-electron chi connectivity index (χ0n) is 12.9. The quantitative estimate of drug-likeness (QED) is 0.776. The van der Waals surface area contributed by atoms with Crippen LogP contribution in [0.5, 0.6) is 0 Å². The maximum absolute atomic E-state index is 11.9. The second kappa shape index (κ2) is 8.05. The molecule has 2 aromatic heterocycles. The van der Waals surface area contributed by atoms with Gasteiger partial charge in [0, 0.05) is 24.9 Å². The van der Waals surface area contributed by atoms with Crippen molar-refractivity contribution in [1.29, 1.82) is 0 Å². The molecule has 1 fully saturated rings. The molecule has 0 aromatic carbocycles. The van der Waals surface area contributed by atoms with E-state index in [-0.39, 0.29) is 5.91 Å². The van der Waals surface area contributed by atoms with E-state index in [1.54, 1.807) is 6.20 Å². The van der Waals surface area contributed by atoms with Crippen LogP contribution in [-0.4, -0.2) is 43.4 Å². The van der Waals surface area contributed by atoms with Gasteiger partial charge in [0.2, 0.25) is 11.1 Å². The average molecular weight is 332 g/mol. The number of nitrogens with zero attached hydrogens (tertiary/aromatic N) is 5. The van der Waals surface area contributed by atoms with Gasteiger partial charge in [0.1, 0.15) is 0 Å². The van der Waals surface area contributed by atoms with Gasteiger partial charge in [-0.25, -0.2) is 4.68 Å². The lowest BCUT2D eigenvalue weighted by molar-refractivity contribution is -0.118. The van der Waals surface area contributed by atoms with Gasteiger partial charge >= 0.3 is 0 Å². The van der Waals surface area contributed by atoms with Crippen LogP contribution in [-0.2, 0) is 11.2 Å². The minimum Gasteiger partial charge on any atom is -0.355 e. The molecule has 0 unspecified atom stereocenters. The predicted molar refractivity (Wildman–Crippen MR) is 87.0 cm³/mol. The third kappa shape index (κ3) is 4.51. The van der Waals surface area contributed by atoms with E-state index in [4.69, 9.17) is 0 Å². The van der Waals surface area contributed by atoms with E-state index in [0.29, 0.717) is 18.3 Å². The highest BCUT2D eigenvalue weighted by Gasteiger charge is 2.21. The minimum absolute atomic E-state index is 0.00750. The molecule has 0 bridgehead atoms. The van der Waals surface area contributed by atoms with Gasteiger partial charge in [-0.1, -0.05) is 30.7 Å². The van der Waals surface area contributed by atoms with Gasteiger partial charge in [-0.15, -0.1) is 5.10 Å². The highest BCUT2D eigenvalue weighted by atomic mass is 32.2. The summed E-state index contributed by atoms with van der Waals surface area (Å²) < 4.78 is 1.87. The molecule has 2 heterocycles. The van der Waals surface area contributed by atoms with Gasteiger partial charge in [-0.05, 0) is 35.4 Å². The topological polar surface area (TPSA) is 85.6 Å². The summed E-state index contributed by atoms with van der Waals surface area (Å²) in [5.41, 5.74) is 0.977. The van der Waals surface area contributed by atoms with Crippen LogP contribution in [0.2, 0.25) is 0 Å². The summed E-state index contributed by atoms with van der Waals surface area (Å²) in [7, 11) is 0. The number of tetrazole rings is 1. The molecule has 0 atom stereocenters. The van der Waals surface area contributed by atoms with Crippen LogP contribution in [0.25, 0.3) is 0 Å². The second-order valence-electron chi connectivity index (χ2n) is 5.55. The Morgan fingerprint density at radius 1 is 1.35 bits per heavy atom. The van der Waals surface area contributed by atoms with Crippen molar-refractivity contribution >= 4 is 17.7 Å². The molecule has 2 aromatic rings. The highest BCUT2D eigenvalue weighted by molar-refractivity contribution is 7.99. The monoisotopic (exact) mass is 332 g/mol. The molecule has 1 N–H and O–H groups in total. The van der Waals surface area contributed by atoms with Crippen molar-refractivity contribution in [2.24, 2.45) is 0 Å². The van der Waals surface area contributed by atoms with Crippen molar-refractivity contribution in [1.82, 2.24) is 30.5 Å². The molecular weight excluding hydrogens is 312 g/mol. The number of carbonyl (C=O) groups excluding carboxylic acids is 1. The van der Waals surface area contributed by atoms with Crippen molar-refractivity contribution in [2.45, 2.75) is 43.3 Å². The Hall–Kier alpha value is -1.96. The Labute approximate surface area is 139 Å². The second-order valence-corrected chi connectivity index (χ2v) is 6.50. The number of hydrogen-bond acceptors (Lipinski definition) is 6. The molecule has 23 heavy (non-hydrogen) atoms. The molecule has 1 aliphatic carbocycles. The lowest BCUT2D eigenvalue weighted by atomic mass is 10.3. The van der Waals surface area contributed by atoms with Crippen LogP contribution in [0, 0.1) is 0 Å². The normalized spacial score (nSPS) is 15.0. The number of carbonyl (C=O) groups is 1. The maximum Gasteiger partial charge on any atom is 0.230 e. The van der Waals surface area contributed by atoms with E-state index >= 15 is 0 Å². The van der Waals surface area contributed by atoms with Crippen LogP contribution < -0.4 is 5.32 Å². The Morgan fingerprint density at radius 3 is 3.00 bits per heavy atom. The van der Waals surface area contributed by atoms with Crippen LogP contribution in [0.3, 0.4) is 0 Å². The number of amides is 1. The van der Waals surface area contributed by atoms with Crippen molar-refractivity contribution in [3.63, 3.8) is 0 Å². The van der Waals surface area contributed by atoms with Crippen LogP contribution >= 0.6 is 11.8 Å². The van der Waals surface area contributed by atoms with Crippen LogP contribution in [0.1, 0.15) is 37.4 Å². The summed E-state index contributed by atoms with van der Waals surface area (Å²) in [4.78, 5) is 16.2. The highest BCUT2D eigenvalue weighted by Crippen LogP contribution is 2.31. The van der Waals surface area contributed by atoms with Crippen molar-refractivity contribution in [3.05, 3.63) is 30.1 Å². The molecular formula is C15H20N6OS. The first-order valence-corrected chi connectivity index (χ1v) is 8.89. The number of aromatic nitrogens is 5. The summed E-state index contributed by atoms with van der Waals surface area (Å²) in [6, 6.07) is 6.17. The maximum atomic E-state index is 11.9. The SMILES string of the molecule is O=C(CSc1nnnn1C1CCCC1)NCCc1ccccn1. The largest absolute Gasteiger partial charge is 0.355 e. The lowest BCUT2D eigenvalue weighted by Crippen LogP contribution is -2.27. The molecule has 7 nitrogen and oxygen atoms in total. The fourth-order valence-electron chi connectivity index (χ4n) is 2.72. The fourth-order valence-corrected chi connectivity index (χ4v) is 3.49. The molecule has 1 amide bonds. The van der Waals surface area contributed by atoms with Gasteiger partial charge in [0.05, 0.1) is 11.8 Å². The zero-order chi connectivity index (χ0) is 15.9. The minimum atomic E-state index is -0.00750. The van der Waals surface area contributed by atoms with E-state index in [1.807, 2.05) is 22.9 Å².